The molecular formula is C37H69NO8Si. The summed E-state index contributed by atoms with van der Waals surface area (Å²) in [4.78, 5) is 12.7. The highest BCUT2D eigenvalue weighted by Gasteiger charge is 2.63. The number of rotatable bonds is 13. The molecule has 0 heterocycles. The summed E-state index contributed by atoms with van der Waals surface area (Å²) in [6, 6.07) is 0. The van der Waals surface area contributed by atoms with Gasteiger partial charge in [-0.2, -0.15) is 0 Å². The monoisotopic (exact) mass is 683 g/mol. The van der Waals surface area contributed by atoms with Crippen LogP contribution in [0.3, 0.4) is 0 Å². The number of aliphatic hydroxyl groups is 5. The maximum atomic E-state index is 12.7. The van der Waals surface area contributed by atoms with Crippen molar-refractivity contribution < 1.29 is 39.5 Å². The SMILES string of the molecule is CO[C@@H]1C[C@@H]2C[C@H](O[Si](C)(C)C(C)(C)C)CC[C@]2(C)[C@H]2CC[C@]3(C)[C@@H](C(C)CCC(=O)NCC(O)C(O)C(O)C(O)CO)CC[C@H]3[C@H]12. The van der Waals surface area contributed by atoms with Gasteiger partial charge in [-0.15, -0.1) is 0 Å². The van der Waals surface area contributed by atoms with Crippen LogP contribution in [0.25, 0.3) is 0 Å². The summed E-state index contributed by atoms with van der Waals surface area (Å²) in [5, 5.41) is 51.4. The van der Waals surface area contributed by atoms with Gasteiger partial charge in [0.1, 0.15) is 18.3 Å². The number of nitrogens with one attached hydrogen (secondary N) is 1. The van der Waals surface area contributed by atoms with Gasteiger partial charge in [0.15, 0.2) is 8.32 Å². The molecule has 4 aliphatic rings. The van der Waals surface area contributed by atoms with Crippen LogP contribution in [0.15, 0.2) is 0 Å². The molecular weight excluding hydrogens is 614 g/mol. The molecule has 1 amide bonds. The van der Waals surface area contributed by atoms with Crippen molar-refractivity contribution in [3.05, 3.63) is 0 Å². The molecule has 0 aromatic rings. The van der Waals surface area contributed by atoms with Gasteiger partial charge in [0.2, 0.25) is 5.91 Å². The van der Waals surface area contributed by atoms with E-state index in [0.29, 0.717) is 53.4 Å². The number of carbonyl (C=O) groups is 1. The van der Waals surface area contributed by atoms with E-state index in [2.05, 4.69) is 60.0 Å². The maximum absolute atomic E-state index is 12.7. The van der Waals surface area contributed by atoms with Crippen LogP contribution >= 0.6 is 0 Å². The number of hydrogen-bond acceptors (Lipinski definition) is 8. The predicted octanol–water partition coefficient (Wildman–Crippen LogP) is 4.63. The zero-order valence-electron chi connectivity index (χ0n) is 30.9. The first-order valence-corrected chi connectivity index (χ1v) is 21.5. The summed E-state index contributed by atoms with van der Waals surface area (Å²) in [6.45, 7) is 18.2. The van der Waals surface area contributed by atoms with E-state index in [1.807, 2.05) is 7.11 Å². The smallest absolute Gasteiger partial charge is 0.220 e. The lowest BCUT2D eigenvalue weighted by molar-refractivity contribution is -0.181. The zero-order chi connectivity index (χ0) is 35.1. The van der Waals surface area contributed by atoms with E-state index in [0.717, 1.165) is 19.3 Å². The number of amides is 1. The highest BCUT2D eigenvalue weighted by molar-refractivity contribution is 6.74. The van der Waals surface area contributed by atoms with Crippen molar-refractivity contribution in [2.75, 3.05) is 20.3 Å². The summed E-state index contributed by atoms with van der Waals surface area (Å²) in [5.41, 5.74) is 0.560. The summed E-state index contributed by atoms with van der Waals surface area (Å²) < 4.78 is 13.4. The Bertz CT molecular complexity index is 1050. The van der Waals surface area contributed by atoms with E-state index in [1.165, 1.54) is 38.5 Å². The van der Waals surface area contributed by atoms with Gasteiger partial charge < -0.3 is 40.0 Å². The standard InChI is InChI=1S/C37H69NO8Si/c1-22(10-13-31(42)38-20-28(40)33(43)34(44)29(41)21-39)25-11-12-26-32-27(15-17-37(25,26)6)36(5)16-14-24(18-23(36)19-30(32)45-7)46-47(8,9)35(2,3)4/h22-30,32-34,39-41,43-44H,10-21H2,1-9H3,(H,38,42)/t22?,23-,24+,25+,26-,27-,28?,29?,30+,32-,33?,34?,36-,37+/m0/s1. The van der Waals surface area contributed by atoms with Gasteiger partial charge in [0, 0.05) is 26.2 Å². The van der Waals surface area contributed by atoms with Crippen molar-refractivity contribution in [3.63, 3.8) is 0 Å². The topological polar surface area (TPSA) is 149 Å². The molecule has 0 aliphatic heterocycles. The Kier molecular flexibility index (Phi) is 12.5. The highest BCUT2D eigenvalue weighted by Crippen LogP contribution is 2.69. The Morgan fingerprint density at radius 1 is 0.936 bits per heavy atom. The second-order valence-electron chi connectivity index (χ2n) is 18.1. The normalized spacial score (nSPS) is 39.1. The fourth-order valence-electron chi connectivity index (χ4n) is 10.6. The molecule has 14 atom stereocenters. The average Bonchev–Trinajstić information content (AvgIpc) is 3.37. The van der Waals surface area contributed by atoms with Crippen LogP contribution < -0.4 is 5.32 Å². The fourth-order valence-corrected chi connectivity index (χ4v) is 12.0. The number of hydrogen-bond donors (Lipinski definition) is 6. The molecule has 4 saturated carbocycles. The lowest BCUT2D eigenvalue weighted by atomic mass is 9.43. The summed E-state index contributed by atoms with van der Waals surface area (Å²) in [7, 11) is 0.113. The molecule has 9 nitrogen and oxygen atoms in total. The van der Waals surface area contributed by atoms with Gasteiger partial charge in [-0.3, -0.25) is 4.79 Å². The molecule has 47 heavy (non-hydrogen) atoms. The molecule has 4 fully saturated rings. The third-order valence-electron chi connectivity index (χ3n) is 14.6. The van der Waals surface area contributed by atoms with Crippen LogP contribution in [0.4, 0.5) is 0 Å². The Labute approximate surface area is 285 Å². The number of methoxy groups -OCH3 is 1. The predicted molar refractivity (Wildman–Crippen MR) is 186 cm³/mol. The van der Waals surface area contributed by atoms with Crippen LogP contribution in [0.2, 0.25) is 18.1 Å². The molecule has 0 bridgehead atoms. The summed E-state index contributed by atoms with van der Waals surface area (Å²) >= 11 is 0. The van der Waals surface area contributed by atoms with E-state index in [1.54, 1.807) is 0 Å². The molecule has 6 N–H and O–H groups in total. The highest BCUT2D eigenvalue weighted by atomic mass is 28.4. The van der Waals surface area contributed by atoms with Crippen LogP contribution in [0.1, 0.15) is 106 Å². The van der Waals surface area contributed by atoms with Gasteiger partial charge >= 0.3 is 0 Å². The third kappa shape index (κ3) is 7.85. The van der Waals surface area contributed by atoms with Gasteiger partial charge in [-0.25, -0.2) is 0 Å². The van der Waals surface area contributed by atoms with E-state index < -0.39 is 39.3 Å². The lowest BCUT2D eigenvalue weighted by Crippen LogP contribution is -2.59. The van der Waals surface area contributed by atoms with Crippen molar-refractivity contribution in [3.8, 4) is 0 Å². The molecule has 0 aromatic carbocycles. The minimum Gasteiger partial charge on any atom is -0.414 e. The van der Waals surface area contributed by atoms with Crippen LogP contribution in [-0.2, 0) is 14.0 Å². The number of fused-ring (bicyclic) bond motifs is 5. The molecule has 4 aliphatic carbocycles. The molecule has 5 unspecified atom stereocenters. The third-order valence-corrected chi connectivity index (χ3v) is 19.1. The Hall–Kier alpha value is -0.593. The first-order chi connectivity index (χ1) is 21.8. The minimum absolute atomic E-state index is 0.206. The molecule has 10 heteroatoms. The van der Waals surface area contributed by atoms with Gasteiger partial charge in [0.25, 0.3) is 0 Å². The minimum atomic E-state index is -1.82. The fraction of sp³-hybridized carbons (Fsp3) is 0.973. The number of ether oxygens (including phenoxy) is 1. The molecule has 0 saturated heterocycles. The summed E-state index contributed by atoms with van der Waals surface area (Å²) in [6.07, 6.45) is 4.93. The van der Waals surface area contributed by atoms with Crippen LogP contribution in [0.5, 0.6) is 0 Å². The Morgan fingerprint density at radius 2 is 1.55 bits per heavy atom. The van der Waals surface area contributed by atoms with Gasteiger partial charge in [-0.1, -0.05) is 41.5 Å². The first-order valence-electron chi connectivity index (χ1n) is 18.6. The van der Waals surface area contributed by atoms with E-state index in [-0.39, 0.29) is 29.0 Å². The van der Waals surface area contributed by atoms with Crippen LogP contribution in [0, 0.1) is 46.3 Å². The van der Waals surface area contributed by atoms with E-state index in [9.17, 15) is 25.2 Å². The van der Waals surface area contributed by atoms with Crippen LogP contribution in [-0.4, -0.2) is 96.6 Å². The lowest BCUT2D eigenvalue weighted by Gasteiger charge is -2.63. The number of carbonyl (C=O) groups excluding carboxylic acids is 1. The van der Waals surface area contributed by atoms with E-state index >= 15 is 0 Å². The van der Waals surface area contributed by atoms with Crippen molar-refractivity contribution in [2.45, 2.75) is 161 Å². The molecule has 0 aromatic heterocycles. The maximum Gasteiger partial charge on any atom is 0.220 e. The van der Waals surface area contributed by atoms with Crippen molar-refractivity contribution >= 4 is 14.2 Å². The van der Waals surface area contributed by atoms with E-state index in [4.69, 9.17) is 14.3 Å². The Morgan fingerprint density at radius 3 is 2.17 bits per heavy atom. The average molecular weight is 684 g/mol. The zero-order valence-corrected chi connectivity index (χ0v) is 31.9. The quantitative estimate of drug-likeness (QED) is 0.154. The molecule has 0 spiro atoms. The van der Waals surface area contributed by atoms with Gasteiger partial charge in [0.05, 0.1) is 18.8 Å². The van der Waals surface area contributed by atoms with Crippen molar-refractivity contribution in [1.29, 1.82) is 0 Å². The first kappa shape index (κ1) is 39.2. The van der Waals surface area contributed by atoms with Crippen molar-refractivity contribution in [1.82, 2.24) is 5.32 Å². The van der Waals surface area contributed by atoms with Gasteiger partial charge in [-0.05, 0) is 122 Å². The van der Waals surface area contributed by atoms with Crippen molar-refractivity contribution in [2.24, 2.45) is 46.3 Å². The largest absolute Gasteiger partial charge is 0.414 e. The Balaban J connectivity index is 1.36. The molecule has 0 radical (unpaired) electrons. The molecule has 274 valence electrons. The number of aliphatic hydroxyl groups excluding tert-OH is 5. The second kappa shape index (κ2) is 14.9. The second-order valence-corrected chi connectivity index (χ2v) is 22.9. The molecule has 4 rings (SSSR count). The summed E-state index contributed by atoms with van der Waals surface area (Å²) in [5.74, 6) is 3.23.